The van der Waals surface area contributed by atoms with Crippen LogP contribution in [0.1, 0.15) is 5.69 Å². The second-order valence-corrected chi connectivity index (χ2v) is 2.97. The number of aromatic nitrogens is 1. The van der Waals surface area contributed by atoms with Gasteiger partial charge in [0.25, 0.3) is 5.56 Å². The number of anilines is 2. The Hall–Kier alpha value is -1.45. The van der Waals surface area contributed by atoms with Crippen LogP contribution in [-0.4, -0.2) is 19.1 Å². The molecule has 0 radical (unpaired) electrons. The molecule has 1 rings (SSSR count). The van der Waals surface area contributed by atoms with Crippen molar-refractivity contribution in [3.63, 3.8) is 0 Å². The number of nitrogens with zero attached hydrogens (tertiary/aromatic N) is 1. The monoisotopic (exact) mass is 167 g/mol. The maximum absolute atomic E-state index is 11.2. The van der Waals surface area contributed by atoms with Gasteiger partial charge >= 0.3 is 0 Å². The molecule has 4 nitrogen and oxygen atoms in total. The van der Waals surface area contributed by atoms with Crippen LogP contribution in [0.25, 0.3) is 0 Å². The molecule has 1 heterocycles. The van der Waals surface area contributed by atoms with Gasteiger partial charge in [0, 0.05) is 19.8 Å². The number of hydrogen-bond acceptors (Lipinski definition) is 3. The third kappa shape index (κ3) is 1.42. The van der Waals surface area contributed by atoms with Gasteiger partial charge < -0.3 is 15.6 Å². The standard InChI is InChI=1S/C8H13N3O/c1-5-4-6(11(2)3)7(9)8(12)10-5/h4H,9H2,1-3H3,(H,10,12). The van der Waals surface area contributed by atoms with Crippen molar-refractivity contribution in [1.82, 2.24) is 4.98 Å². The second kappa shape index (κ2) is 2.89. The summed E-state index contributed by atoms with van der Waals surface area (Å²) in [5.74, 6) is 0. The highest BCUT2D eigenvalue weighted by Crippen LogP contribution is 2.16. The van der Waals surface area contributed by atoms with Crippen molar-refractivity contribution in [2.75, 3.05) is 24.7 Å². The first-order valence-corrected chi connectivity index (χ1v) is 3.69. The Kier molecular flexibility index (Phi) is 2.08. The first-order valence-electron chi connectivity index (χ1n) is 3.69. The van der Waals surface area contributed by atoms with E-state index in [0.29, 0.717) is 0 Å². The summed E-state index contributed by atoms with van der Waals surface area (Å²) in [5, 5.41) is 0. The van der Waals surface area contributed by atoms with Crippen molar-refractivity contribution in [3.8, 4) is 0 Å². The van der Waals surface area contributed by atoms with Crippen molar-refractivity contribution in [2.24, 2.45) is 0 Å². The number of rotatable bonds is 1. The summed E-state index contributed by atoms with van der Waals surface area (Å²) in [6, 6.07) is 1.84. The molecule has 4 heteroatoms. The number of aryl methyl sites for hydroxylation is 1. The van der Waals surface area contributed by atoms with Gasteiger partial charge in [-0.15, -0.1) is 0 Å². The minimum atomic E-state index is -0.223. The van der Waals surface area contributed by atoms with Gasteiger partial charge in [-0.1, -0.05) is 0 Å². The molecule has 3 N–H and O–H groups in total. The largest absolute Gasteiger partial charge is 0.393 e. The Balaban J connectivity index is 3.38. The molecule has 0 aromatic carbocycles. The SMILES string of the molecule is Cc1cc(N(C)C)c(N)c(=O)[nH]1. The van der Waals surface area contributed by atoms with Crippen LogP contribution in [0, 0.1) is 6.92 Å². The molecular formula is C8H13N3O. The van der Waals surface area contributed by atoms with Gasteiger partial charge in [0.15, 0.2) is 0 Å². The molecule has 0 bridgehead atoms. The number of nitrogen functional groups attached to an aromatic ring is 1. The lowest BCUT2D eigenvalue weighted by atomic mass is 10.3. The van der Waals surface area contributed by atoms with Crippen LogP contribution in [0.3, 0.4) is 0 Å². The van der Waals surface area contributed by atoms with E-state index in [4.69, 9.17) is 5.73 Å². The first-order chi connectivity index (χ1) is 5.52. The fraction of sp³-hybridized carbons (Fsp3) is 0.375. The topological polar surface area (TPSA) is 62.1 Å². The van der Waals surface area contributed by atoms with Crippen molar-refractivity contribution >= 4 is 11.4 Å². The van der Waals surface area contributed by atoms with Gasteiger partial charge in [-0.25, -0.2) is 0 Å². The lowest BCUT2D eigenvalue weighted by Gasteiger charge is -2.14. The minimum Gasteiger partial charge on any atom is -0.393 e. The molecule has 1 aromatic heterocycles. The molecule has 0 saturated carbocycles. The fourth-order valence-electron chi connectivity index (χ4n) is 1.05. The number of aromatic amines is 1. The average Bonchev–Trinajstić information content (AvgIpc) is 1.96. The number of pyridine rings is 1. The maximum Gasteiger partial charge on any atom is 0.273 e. The zero-order chi connectivity index (χ0) is 9.30. The molecule has 0 spiro atoms. The summed E-state index contributed by atoms with van der Waals surface area (Å²) in [5.41, 5.74) is 7.19. The van der Waals surface area contributed by atoms with E-state index in [2.05, 4.69) is 4.98 Å². The quantitative estimate of drug-likeness (QED) is 0.633. The van der Waals surface area contributed by atoms with E-state index in [0.717, 1.165) is 11.4 Å². The Morgan fingerprint density at radius 3 is 2.58 bits per heavy atom. The minimum absolute atomic E-state index is 0.223. The molecule has 12 heavy (non-hydrogen) atoms. The molecule has 0 saturated heterocycles. The molecule has 0 aliphatic heterocycles. The van der Waals surface area contributed by atoms with Gasteiger partial charge in [-0.05, 0) is 13.0 Å². The smallest absolute Gasteiger partial charge is 0.273 e. The predicted molar refractivity (Wildman–Crippen MR) is 50.5 cm³/mol. The van der Waals surface area contributed by atoms with E-state index in [9.17, 15) is 4.79 Å². The lowest BCUT2D eigenvalue weighted by molar-refractivity contribution is 1.08. The number of H-pyrrole nitrogens is 1. The van der Waals surface area contributed by atoms with Crippen LogP contribution in [0.2, 0.25) is 0 Å². The molecule has 0 unspecified atom stereocenters. The van der Waals surface area contributed by atoms with Crippen LogP contribution in [0.15, 0.2) is 10.9 Å². The van der Waals surface area contributed by atoms with Crippen LogP contribution in [-0.2, 0) is 0 Å². The van der Waals surface area contributed by atoms with Gasteiger partial charge in [-0.2, -0.15) is 0 Å². The van der Waals surface area contributed by atoms with E-state index in [1.807, 2.05) is 32.0 Å². The lowest BCUT2D eigenvalue weighted by Crippen LogP contribution is -2.19. The first kappa shape index (κ1) is 8.64. The summed E-state index contributed by atoms with van der Waals surface area (Å²) in [6.45, 7) is 1.83. The van der Waals surface area contributed by atoms with Gasteiger partial charge in [0.05, 0.1) is 5.69 Å². The summed E-state index contributed by atoms with van der Waals surface area (Å²) in [6.07, 6.45) is 0. The molecule has 1 aromatic rings. The van der Waals surface area contributed by atoms with E-state index < -0.39 is 0 Å². The van der Waals surface area contributed by atoms with Crippen molar-refractivity contribution in [1.29, 1.82) is 0 Å². The summed E-state index contributed by atoms with van der Waals surface area (Å²) in [4.78, 5) is 15.6. The highest BCUT2D eigenvalue weighted by atomic mass is 16.1. The van der Waals surface area contributed by atoms with E-state index in [1.54, 1.807) is 0 Å². The Labute approximate surface area is 71.0 Å². The van der Waals surface area contributed by atoms with Crippen LogP contribution in [0.4, 0.5) is 11.4 Å². The second-order valence-electron chi connectivity index (χ2n) is 2.97. The molecule has 0 amide bonds. The highest BCUT2D eigenvalue weighted by molar-refractivity contribution is 5.65. The van der Waals surface area contributed by atoms with Crippen molar-refractivity contribution < 1.29 is 0 Å². The third-order valence-corrected chi connectivity index (χ3v) is 1.67. The van der Waals surface area contributed by atoms with Crippen molar-refractivity contribution in [2.45, 2.75) is 6.92 Å². The molecular weight excluding hydrogens is 154 g/mol. The van der Waals surface area contributed by atoms with Gasteiger partial charge in [0.1, 0.15) is 5.69 Å². The highest BCUT2D eigenvalue weighted by Gasteiger charge is 2.05. The summed E-state index contributed by atoms with van der Waals surface area (Å²) < 4.78 is 0. The molecule has 0 aliphatic carbocycles. The van der Waals surface area contributed by atoms with Crippen LogP contribution in [0.5, 0.6) is 0 Å². The zero-order valence-corrected chi connectivity index (χ0v) is 7.51. The van der Waals surface area contributed by atoms with Gasteiger partial charge in [-0.3, -0.25) is 4.79 Å². The Morgan fingerprint density at radius 2 is 2.08 bits per heavy atom. The third-order valence-electron chi connectivity index (χ3n) is 1.67. The van der Waals surface area contributed by atoms with Crippen molar-refractivity contribution in [3.05, 3.63) is 22.1 Å². The van der Waals surface area contributed by atoms with Crippen LogP contribution < -0.4 is 16.2 Å². The Morgan fingerprint density at radius 1 is 1.50 bits per heavy atom. The molecule has 66 valence electrons. The van der Waals surface area contributed by atoms with E-state index in [-0.39, 0.29) is 11.2 Å². The number of nitrogens with two attached hydrogens (primary N) is 1. The number of hydrogen-bond donors (Lipinski definition) is 2. The predicted octanol–water partition coefficient (Wildman–Crippen LogP) is 0.332. The van der Waals surface area contributed by atoms with E-state index >= 15 is 0 Å². The Bertz CT molecular complexity index is 341. The average molecular weight is 167 g/mol. The molecule has 0 atom stereocenters. The van der Waals surface area contributed by atoms with Crippen LogP contribution >= 0.6 is 0 Å². The normalized spacial score (nSPS) is 9.92. The van der Waals surface area contributed by atoms with Gasteiger partial charge in [0.2, 0.25) is 0 Å². The molecule has 0 fully saturated rings. The fourth-order valence-corrected chi connectivity index (χ4v) is 1.05. The summed E-state index contributed by atoms with van der Waals surface area (Å²) >= 11 is 0. The summed E-state index contributed by atoms with van der Waals surface area (Å²) in [7, 11) is 3.70. The zero-order valence-electron chi connectivity index (χ0n) is 7.51. The maximum atomic E-state index is 11.2. The van der Waals surface area contributed by atoms with E-state index in [1.165, 1.54) is 0 Å². The number of nitrogens with one attached hydrogen (secondary N) is 1. The molecule has 0 aliphatic rings.